The van der Waals surface area contributed by atoms with Gasteiger partial charge in [0.1, 0.15) is 5.75 Å². The molecule has 31 heavy (non-hydrogen) atoms. The minimum Gasteiger partial charge on any atom is -0.497 e. The fourth-order valence-electron chi connectivity index (χ4n) is 3.37. The molecule has 1 N–H and O–H groups in total. The molecule has 0 aliphatic carbocycles. The molecular formula is C24H26N2O4S. The Morgan fingerprint density at radius 1 is 0.935 bits per heavy atom. The van der Waals surface area contributed by atoms with Gasteiger partial charge in [-0.05, 0) is 66.9 Å². The van der Waals surface area contributed by atoms with E-state index in [4.69, 9.17) is 4.74 Å². The van der Waals surface area contributed by atoms with Crippen LogP contribution in [0.5, 0.6) is 5.75 Å². The smallest absolute Gasteiger partial charge is 0.255 e. The molecule has 3 aromatic rings. The van der Waals surface area contributed by atoms with E-state index >= 15 is 0 Å². The monoisotopic (exact) mass is 438 g/mol. The number of rotatable bonds is 7. The molecule has 1 amide bonds. The van der Waals surface area contributed by atoms with Gasteiger partial charge in [-0.15, -0.1) is 0 Å². The molecule has 0 heterocycles. The highest BCUT2D eigenvalue weighted by Gasteiger charge is 2.21. The molecular weight excluding hydrogens is 412 g/mol. The molecule has 0 aliphatic rings. The van der Waals surface area contributed by atoms with Crippen LogP contribution >= 0.6 is 0 Å². The first-order valence-electron chi connectivity index (χ1n) is 9.77. The van der Waals surface area contributed by atoms with Crippen molar-refractivity contribution in [3.63, 3.8) is 0 Å². The van der Waals surface area contributed by atoms with Gasteiger partial charge in [0.25, 0.3) is 5.91 Å². The summed E-state index contributed by atoms with van der Waals surface area (Å²) in [7, 11) is -1.91. The second-order valence-electron chi connectivity index (χ2n) is 7.39. The van der Waals surface area contributed by atoms with E-state index in [1.807, 2.05) is 32.0 Å². The molecule has 0 saturated heterocycles. The molecule has 3 rings (SSSR count). The van der Waals surface area contributed by atoms with E-state index < -0.39 is 10.0 Å². The maximum atomic E-state index is 12.5. The van der Waals surface area contributed by atoms with Gasteiger partial charge in [-0.3, -0.25) is 9.10 Å². The van der Waals surface area contributed by atoms with Crippen LogP contribution in [-0.2, 0) is 16.6 Å². The molecule has 0 unspecified atom stereocenters. The number of ether oxygens (including phenoxy) is 1. The molecule has 3 aromatic carbocycles. The van der Waals surface area contributed by atoms with Crippen molar-refractivity contribution in [3.8, 4) is 5.75 Å². The first kappa shape index (κ1) is 22.4. The van der Waals surface area contributed by atoms with Crippen molar-refractivity contribution in [2.45, 2.75) is 20.4 Å². The number of benzene rings is 3. The fraction of sp³-hybridized carbons (Fsp3) is 0.208. The van der Waals surface area contributed by atoms with Crippen molar-refractivity contribution in [3.05, 3.63) is 89.0 Å². The lowest BCUT2D eigenvalue weighted by Gasteiger charge is -2.26. The van der Waals surface area contributed by atoms with Crippen LogP contribution in [0.3, 0.4) is 0 Å². The van der Waals surface area contributed by atoms with Gasteiger partial charge < -0.3 is 10.1 Å². The summed E-state index contributed by atoms with van der Waals surface area (Å²) in [5.41, 5.74) is 4.40. The van der Waals surface area contributed by atoms with Crippen LogP contribution in [0.4, 0.5) is 11.4 Å². The maximum Gasteiger partial charge on any atom is 0.255 e. The molecule has 0 bridgehead atoms. The SMILES string of the molecule is COc1ccc(NC(=O)c2ccc(CN(c3c(C)cccc3C)S(C)(=O)=O)cc2)cc1. The van der Waals surface area contributed by atoms with E-state index in [1.165, 1.54) is 10.6 Å². The van der Waals surface area contributed by atoms with Crippen LogP contribution in [0.25, 0.3) is 0 Å². The summed E-state index contributed by atoms with van der Waals surface area (Å²) in [5, 5.41) is 2.83. The molecule has 6 nitrogen and oxygen atoms in total. The largest absolute Gasteiger partial charge is 0.497 e. The van der Waals surface area contributed by atoms with Crippen molar-refractivity contribution in [2.24, 2.45) is 0 Å². The number of para-hydroxylation sites is 1. The Kier molecular flexibility index (Phi) is 6.65. The highest BCUT2D eigenvalue weighted by molar-refractivity contribution is 7.92. The van der Waals surface area contributed by atoms with Gasteiger partial charge >= 0.3 is 0 Å². The van der Waals surface area contributed by atoms with Gasteiger partial charge in [-0.25, -0.2) is 8.42 Å². The molecule has 0 fully saturated rings. The topological polar surface area (TPSA) is 75.7 Å². The number of anilines is 2. The molecule has 0 spiro atoms. The van der Waals surface area contributed by atoms with Gasteiger partial charge in [0.2, 0.25) is 10.0 Å². The standard InChI is InChI=1S/C24H26N2O4S/c1-17-6-5-7-18(2)23(17)26(31(4,28)29)16-19-8-10-20(11-9-19)24(27)25-21-12-14-22(30-3)15-13-21/h5-15H,16H2,1-4H3,(H,25,27). The number of hydrogen-bond donors (Lipinski definition) is 1. The Bertz CT molecular complexity index is 1150. The third-order valence-electron chi connectivity index (χ3n) is 4.98. The average Bonchev–Trinajstić information content (AvgIpc) is 2.73. The molecule has 0 aliphatic heterocycles. The number of nitrogens with one attached hydrogen (secondary N) is 1. The minimum absolute atomic E-state index is 0.185. The van der Waals surface area contributed by atoms with Crippen LogP contribution < -0.4 is 14.4 Å². The van der Waals surface area contributed by atoms with E-state index in [0.717, 1.165) is 16.7 Å². The molecule has 0 atom stereocenters. The van der Waals surface area contributed by atoms with Crippen LogP contribution in [0.2, 0.25) is 0 Å². The van der Waals surface area contributed by atoms with E-state index in [0.29, 0.717) is 22.7 Å². The van der Waals surface area contributed by atoms with Crippen LogP contribution in [-0.4, -0.2) is 27.7 Å². The number of aryl methyl sites for hydroxylation is 2. The molecule has 0 saturated carbocycles. The van der Waals surface area contributed by atoms with Crippen molar-refractivity contribution < 1.29 is 17.9 Å². The molecule has 7 heteroatoms. The zero-order valence-corrected chi connectivity index (χ0v) is 18.9. The van der Waals surface area contributed by atoms with E-state index in [9.17, 15) is 13.2 Å². The first-order valence-corrected chi connectivity index (χ1v) is 11.6. The summed E-state index contributed by atoms with van der Waals surface area (Å²) < 4.78 is 31.6. The summed E-state index contributed by atoms with van der Waals surface area (Å²) in [6.45, 7) is 3.98. The number of carbonyl (C=O) groups is 1. The predicted octanol–water partition coefficient (Wildman–Crippen LogP) is 4.53. The number of carbonyl (C=O) groups excluding carboxylic acids is 1. The van der Waals surface area contributed by atoms with E-state index in [-0.39, 0.29) is 12.5 Å². The van der Waals surface area contributed by atoms with Crippen molar-refractivity contribution in [1.82, 2.24) is 0 Å². The lowest BCUT2D eigenvalue weighted by molar-refractivity contribution is 0.102. The Morgan fingerprint density at radius 3 is 2.03 bits per heavy atom. The van der Waals surface area contributed by atoms with Crippen molar-refractivity contribution in [1.29, 1.82) is 0 Å². The zero-order chi connectivity index (χ0) is 22.6. The Hall–Kier alpha value is -3.32. The third kappa shape index (κ3) is 5.44. The quantitative estimate of drug-likeness (QED) is 0.588. The maximum absolute atomic E-state index is 12.5. The summed E-state index contributed by atoms with van der Waals surface area (Å²) in [6, 6.07) is 19.7. The first-order chi connectivity index (χ1) is 14.7. The molecule has 0 radical (unpaired) electrons. The highest BCUT2D eigenvalue weighted by Crippen LogP contribution is 2.28. The van der Waals surface area contributed by atoms with Gasteiger partial charge in [0.15, 0.2) is 0 Å². The van der Waals surface area contributed by atoms with Gasteiger partial charge in [-0.1, -0.05) is 30.3 Å². The second kappa shape index (κ2) is 9.22. The Labute approximate surface area is 183 Å². The van der Waals surface area contributed by atoms with Crippen molar-refractivity contribution >= 4 is 27.3 Å². The van der Waals surface area contributed by atoms with Crippen LogP contribution in [0, 0.1) is 13.8 Å². The Balaban J connectivity index is 1.78. The average molecular weight is 439 g/mol. The van der Waals surface area contributed by atoms with Crippen LogP contribution in [0.15, 0.2) is 66.7 Å². The predicted molar refractivity (Wildman–Crippen MR) is 124 cm³/mol. The summed E-state index contributed by atoms with van der Waals surface area (Å²) in [6.07, 6.45) is 1.20. The van der Waals surface area contributed by atoms with Gasteiger partial charge in [-0.2, -0.15) is 0 Å². The lowest BCUT2D eigenvalue weighted by Crippen LogP contribution is -2.30. The van der Waals surface area contributed by atoms with E-state index in [2.05, 4.69) is 5.32 Å². The summed E-state index contributed by atoms with van der Waals surface area (Å²) in [5.74, 6) is 0.466. The minimum atomic E-state index is -3.49. The number of methoxy groups -OCH3 is 1. The van der Waals surface area contributed by atoms with Gasteiger partial charge in [0.05, 0.1) is 25.6 Å². The number of hydrogen-bond acceptors (Lipinski definition) is 4. The number of sulfonamides is 1. The summed E-state index contributed by atoms with van der Waals surface area (Å²) >= 11 is 0. The second-order valence-corrected chi connectivity index (χ2v) is 9.30. The Morgan fingerprint density at radius 2 is 1.52 bits per heavy atom. The normalized spacial score (nSPS) is 11.1. The molecule has 0 aromatic heterocycles. The molecule has 162 valence electrons. The summed E-state index contributed by atoms with van der Waals surface area (Å²) in [4.78, 5) is 12.5. The van der Waals surface area contributed by atoms with E-state index in [1.54, 1.807) is 55.6 Å². The number of amides is 1. The highest BCUT2D eigenvalue weighted by atomic mass is 32.2. The van der Waals surface area contributed by atoms with Crippen LogP contribution in [0.1, 0.15) is 27.0 Å². The number of nitrogens with zero attached hydrogens (tertiary/aromatic N) is 1. The van der Waals surface area contributed by atoms with Gasteiger partial charge in [0, 0.05) is 11.3 Å². The lowest BCUT2D eigenvalue weighted by atomic mass is 10.1. The zero-order valence-electron chi connectivity index (χ0n) is 18.0. The van der Waals surface area contributed by atoms with Crippen molar-refractivity contribution in [2.75, 3.05) is 23.0 Å². The third-order valence-corrected chi connectivity index (χ3v) is 6.09. The fourth-order valence-corrected chi connectivity index (χ4v) is 4.37.